The van der Waals surface area contributed by atoms with Gasteiger partial charge in [-0.1, -0.05) is 5.16 Å². The minimum atomic E-state index is 0.272. The molecule has 0 aliphatic carbocycles. The normalized spacial score (nSPS) is 11.1. The van der Waals surface area contributed by atoms with Gasteiger partial charge in [0.15, 0.2) is 0 Å². The molecule has 0 spiro atoms. The summed E-state index contributed by atoms with van der Waals surface area (Å²) in [7, 11) is 0. The predicted octanol–water partition coefficient (Wildman–Crippen LogP) is 0.126. The molecule has 0 atom stereocenters. The van der Waals surface area contributed by atoms with Gasteiger partial charge in [-0.05, 0) is 13.0 Å². The van der Waals surface area contributed by atoms with E-state index in [1.807, 2.05) is 0 Å². The quantitative estimate of drug-likeness (QED) is 0.132. The molecule has 4 N–H and O–H groups in total. The molecule has 0 amide bonds. The molecule has 0 aromatic carbocycles. The summed E-state index contributed by atoms with van der Waals surface area (Å²) in [5.41, 5.74) is 5.25. The lowest BCUT2D eigenvalue weighted by molar-refractivity contribution is 0.316. The highest BCUT2D eigenvalue weighted by Crippen LogP contribution is 1.86. The lowest BCUT2D eigenvalue weighted by Gasteiger charge is -2.00. The molecule has 0 rings (SSSR count). The summed E-state index contributed by atoms with van der Waals surface area (Å²) in [4.78, 5) is 0. The molecule has 4 heteroatoms. The second-order valence-corrected chi connectivity index (χ2v) is 2.40. The number of terminal acetylenes is 1. The average molecular weight is 169 g/mol. The summed E-state index contributed by atoms with van der Waals surface area (Å²) in [6.45, 7) is 1.67. The number of nitrogens with two attached hydrogens (primary N) is 1. The zero-order valence-corrected chi connectivity index (χ0v) is 7.08. The Balaban J connectivity index is 3.07. The van der Waals surface area contributed by atoms with Gasteiger partial charge in [0.1, 0.15) is 5.84 Å². The number of nitrogens with one attached hydrogen (secondary N) is 1. The van der Waals surface area contributed by atoms with Crippen LogP contribution in [0.25, 0.3) is 0 Å². The summed E-state index contributed by atoms with van der Waals surface area (Å²) >= 11 is 0. The van der Waals surface area contributed by atoms with Crippen LogP contribution >= 0.6 is 0 Å². The minimum Gasteiger partial charge on any atom is -0.409 e. The van der Waals surface area contributed by atoms with Crippen LogP contribution in [0.4, 0.5) is 0 Å². The van der Waals surface area contributed by atoms with Crippen molar-refractivity contribution in [1.82, 2.24) is 5.32 Å². The molecule has 68 valence electrons. The first-order valence-electron chi connectivity index (χ1n) is 3.92. The maximum Gasteiger partial charge on any atom is 0.139 e. The van der Waals surface area contributed by atoms with Crippen LogP contribution in [0.15, 0.2) is 5.16 Å². The summed E-state index contributed by atoms with van der Waals surface area (Å²) < 4.78 is 0. The lowest BCUT2D eigenvalue weighted by atomic mass is 10.3. The molecule has 0 radical (unpaired) electrons. The van der Waals surface area contributed by atoms with Crippen LogP contribution in [0.2, 0.25) is 0 Å². The molecule has 0 aliphatic heterocycles. The average Bonchev–Trinajstić information content (AvgIpc) is 2.10. The van der Waals surface area contributed by atoms with Crippen molar-refractivity contribution in [3.05, 3.63) is 0 Å². The monoisotopic (exact) mass is 169 g/mol. The van der Waals surface area contributed by atoms with Crippen LogP contribution in [0.1, 0.15) is 19.3 Å². The van der Waals surface area contributed by atoms with Crippen molar-refractivity contribution in [3.8, 4) is 12.3 Å². The molecule has 0 fully saturated rings. The van der Waals surface area contributed by atoms with Gasteiger partial charge >= 0.3 is 0 Å². The Hall–Kier alpha value is -1.21. The van der Waals surface area contributed by atoms with E-state index in [4.69, 9.17) is 17.4 Å². The van der Waals surface area contributed by atoms with Crippen LogP contribution in [-0.4, -0.2) is 24.1 Å². The molecular formula is C8H15N3O. The molecule has 0 unspecified atom stereocenters. The van der Waals surface area contributed by atoms with Crippen molar-refractivity contribution in [2.75, 3.05) is 13.1 Å². The predicted molar refractivity (Wildman–Crippen MR) is 49.0 cm³/mol. The highest BCUT2D eigenvalue weighted by Gasteiger charge is 1.92. The maximum atomic E-state index is 8.19. The van der Waals surface area contributed by atoms with Crippen LogP contribution in [0, 0.1) is 12.3 Å². The SMILES string of the molecule is C#CCCNCCCC(N)=NO. The zero-order chi connectivity index (χ0) is 9.23. The van der Waals surface area contributed by atoms with E-state index < -0.39 is 0 Å². The number of hydrogen-bond donors (Lipinski definition) is 3. The van der Waals surface area contributed by atoms with E-state index in [0.29, 0.717) is 6.42 Å². The molecule has 0 heterocycles. The van der Waals surface area contributed by atoms with Gasteiger partial charge < -0.3 is 16.3 Å². The number of hydrogen-bond acceptors (Lipinski definition) is 3. The largest absolute Gasteiger partial charge is 0.409 e. The first kappa shape index (κ1) is 10.8. The Morgan fingerprint density at radius 3 is 2.92 bits per heavy atom. The maximum absolute atomic E-state index is 8.19. The summed E-state index contributed by atoms with van der Waals surface area (Å²) in [6.07, 6.45) is 7.26. The van der Waals surface area contributed by atoms with Crippen LogP contribution < -0.4 is 11.1 Å². The third kappa shape index (κ3) is 6.90. The number of rotatable bonds is 6. The third-order valence-electron chi connectivity index (χ3n) is 1.36. The molecule has 12 heavy (non-hydrogen) atoms. The fourth-order valence-corrected chi connectivity index (χ4v) is 0.730. The van der Waals surface area contributed by atoms with E-state index in [-0.39, 0.29) is 5.84 Å². The number of oxime groups is 1. The molecule has 0 bridgehead atoms. The van der Waals surface area contributed by atoms with E-state index in [2.05, 4.69) is 16.4 Å². The van der Waals surface area contributed by atoms with Gasteiger partial charge in [-0.25, -0.2) is 0 Å². The van der Waals surface area contributed by atoms with Crippen molar-refractivity contribution in [2.24, 2.45) is 10.9 Å². The van der Waals surface area contributed by atoms with Gasteiger partial charge in [-0.15, -0.1) is 12.3 Å². The molecule has 4 nitrogen and oxygen atoms in total. The van der Waals surface area contributed by atoms with E-state index in [0.717, 1.165) is 25.9 Å². The van der Waals surface area contributed by atoms with Gasteiger partial charge in [0.25, 0.3) is 0 Å². The van der Waals surface area contributed by atoms with Gasteiger partial charge in [-0.2, -0.15) is 0 Å². The molecule has 0 aromatic heterocycles. The van der Waals surface area contributed by atoms with Crippen molar-refractivity contribution >= 4 is 5.84 Å². The minimum absolute atomic E-state index is 0.272. The van der Waals surface area contributed by atoms with Gasteiger partial charge in [0, 0.05) is 19.4 Å². The fraction of sp³-hybridized carbons (Fsp3) is 0.625. The number of amidine groups is 1. The molecule has 0 saturated heterocycles. The fourth-order valence-electron chi connectivity index (χ4n) is 0.730. The van der Waals surface area contributed by atoms with Gasteiger partial charge in [-0.3, -0.25) is 0 Å². The van der Waals surface area contributed by atoms with Crippen molar-refractivity contribution in [2.45, 2.75) is 19.3 Å². The van der Waals surface area contributed by atoms with Crippen molar-refractivity contribution < 1.29 is 5.21 Å². The Morgan fingerprint density at radius 2 is 2.33 bits per heavy atom. The first-order chi connectivity index (χ1) is 5.81. The zero-order valence-electron chi connectivity index (χ0n) is 7.08. The second kappa shape index (κ2) is 7.89. The van der Waals surface area contributed by atoms with E-state index in [1.165, 1.54) is 0 Å². The van der Waals surface area contributed by atoms with Crippen molar-refractivity contribution in [1.29, 1.82) is 0 Å². The Bertz CT molecular complexity index is 172. The summed E-state index contributed by atoms with van der Waals surface area (Å²) in [5, 5.41) is 14.2. The molecule has 0 aliphatic rings. The van der Waals surface area contributed by atoms with E-state index >= 15 is 0 Å². The summed E-state index contributed by atoms with van der Waals surface area (Å²) in [6, 6.07) is 0. The standard InChI is InChI=1S/C8H15N3O/c1-2-3-6-10-7-4-5-8(9)11-12/h1,10,12H,3-7H2,(H2,9,11). The first-order valence-corrected chi connectivity index (χ1v) is 3.92. The Labute approximate surface area is 72.8 Å². The topological polar surface area (TPSA) is 70.6 Å². The van der Waals surface area contributed by atoms with Gasteiger partial charge in [0.2, 0.25) is 0 Å². The van der Waals surface area contributed by atoms with Crippen LogP contribution in [-0.2, 0) is 0 Å². The highest BCUT2D eigenvalue weighted by atomic mass is 16.4. The van der Waals surface area contributed by atoms with Crippen molar-refractivity contribution in [3.63, 3.8) is 0 Å². The van der Waals surface area contributed by atoms with E-state index in [9.17, 15) is 0 Å². The highest BCUT2D eigenvalue weighted by molar-refractivity contribution is 5.79. The second-order valence-electron chi connectivity index (χ2n) is 2.40. The molecule has 0 saturated carbocycles. The Morgan fingerprint density at radius 1 is 1.58 bits per heavy atom. The lowest BCUT2D eigenvalue weighted by Crippen LogP contribution is -2.19. The molecular weight excluding hydrogens is 154 g/mol. The smallest absolute Gasteiger partial charge is 0.139 e. The Kier molecular flexibility index (Phi) is 7.10. The molecule has 0 aromatic rings. The van der Waals surface area contributed by atoms with Crippen LogP contribution in [0.3, 0.4) is 0 Å². The van der Waals surface area contributed by atoms with Gasteiger partial charge in [0.05, 0.1) is 0 Å². The summed E-state index contributed by atoms with van der Waals surface area (Å²) in [5.74, 6) is 2.80. The van der Waals surface area contributed by atoms with E-state index in [1.54, 1.807) is 0 Å². The van der Waals surface area contributed by atoms with Crippen LogP contribution in [0.5, 0.6) is 0 Å². The number of nitrogens with zero attached hydrogens (tertiary/aromatic N) is 1. The third-order valence-corrected chi connectivity index (χ3v) is 1.36.